The molecule has 6 N–H and O–H groups in total. The summed E-state index contributed by atoms with van der Waals surface area (Å²) in [5.41, 5.74) is 0.199. The fourth-order valence-corrected chi connectivity index (χ4v) is 7.79. The Morgan fingerprint density at radius 3 is 1.60 bits per heavy atom. The molecule has 0 saturated heterocycles. The molecule has 5 amide bonds. The van der Waals surface area contributed by atoms with Crippen molar-refractivity contribution in [1.29, 1.82) is 0 Å². The topological polar surface area (TPSA) is 213 Å². The number of hydrogen-bond donors (Lipinski definition) is 6. The molecule has 9 unspecified atom stereocenters. The smallest absolute Gasteiger partial charge is 0.271 e. The zero-order chi connectivity index (χ0) is 38.4. The van der Waals surface area contributed by atoms with Crippen molar-refractivity contribution < 1.29 is 33.8 Å². The minimum atomic E-state index is -1.36. The first-order valence-corrected chi connectivity index (χ1v) is 19.6. The van der Waals surface area contributed by atoms with Gasteiger partial charge in [-0.1, -0.05) is 68.2 Å². The largest absolute Gasteiger partial charge is 0.477 e. The second kappa shape index (κ2) is 17.7. The van der Waals surface area contributed by atoms with Crippen LogP contribution in [0.25, 0.3) is 0 Å². The average molecular weight is 761 g/mol. The van der Waals surface area contributed by atoms with Crippen molar-refractivity contribution in [3.05, 3.63) is 32.2 Å². The number of aromatic nitrogens is 2. The lowest BCUT2D eigenvalue weighted by Crippen LogP contribution is -2.59. The van der Waals surface area contributed by atoms with Gasteiger partial charge in [-0.05, 0) is 30.6 Å². The summed E-state index contributed by atoms with van der Waals surface area (Å²) >= 11 is 2.40. The molecule has 2 aliphatic heterocycles. The molecule has 0 aliphatic carbocycles. The second-order valence-corrected chi connectivity index (χ2v) is 16.1. The minimum Gasteiger partial charge on any atom is -0.477 e. The molecule has 4 rings (SSSR count). The van der Waals surface area contributed by atoms with Gasteiger partial charge in [0, 0.05) is 10.8 Å². The molecule has 2 aliphatic rings. The number of carbonyl (C=O) groups is 5. The molecule has 0 spiro atoms. The lowest BCUT2D eigenvalue weighted by molar-refractivity contribution is -0.133. The Balaban J connectivity index is 1.76. The van der Waals surface area contributed by atoms with E-state index in [4.69, 9.17) is 4.74 Å². The third kappa shape index (κ3) is 9.52. The summed E-state index contributed by atoms with van der Waals surface area (Å²) in [6.45, 7) is 16.6. The molecule has 0 saturated carbocycles. The van der Waals surface area contributed by atoms with Gasteiger partial charge in [-0.25, -0.2) is 15.0 Å². The summed E-state index contributed by atoms with van der Waals surface area (Å²) in [4.78, 5) is 81.8. The van der Waals surface area contributed by atoms with E-state index >= 15 is 0 Å². The zero-order valence-electron chi connectivity index (χ0n) is 31.2. The van der Waals surface area contributed by atoms with E-state index in [0.717, 1.165) is 0 Å². The summed E-state index contributed by atoms with van der Waals surface area (Å²) in [5.74, 6) is -3.24. The van der Waals surface area contributed by atoms with E-state index in [9.17, 15) is 29.1 Å². The number of fused-ring (bicyclic) bond motifs is 5. The molecule has 286 valence electrons. The highest BCUT2D eigenvalue weighted by Crippen LogP contribution is 2.28. The first-order chi connectivity index (χ1) is 24.6. The van der Waals surface area contributed by atoms with Gasteiger partial charge >= 0.3 is 0 Å². The lowest BCUT2D eigenvalue weighted by Gasteiger charge is -2.29. The van der Waals surface area contributed by atoms with Crippen molar-refractivity contribution in [1.82, 2.24) is 36.6 Å². The normalized spacial score (nSPS) is 26.9. The number of nitrogens with zero attached hydrogens (tertiary/aromatic N) is 3. The first kappa shape index (κ1) is 40.8. The van der Waals surface area contributed by atoms with Crippen LogP contribution in [0.4, 0.5) is 0 Å². The average Bonchev–Trinajstić information content (AvgIpc) is 3.89. The van der Waals surface area contributed by atoms with Gasteiger partial charge in [0.1, 0.15) is 46.1 Å². The monoisotopic (exact) mass is 760 g/mol. The van der Waals surface area contributed by atoms with Gasteiger partial charge in [0.15, 0.2) is 6.04 Å². The van der Waals surface area contributed by atoms with Crippen molar-refractivity contribution in [2.24, 2.45) is 28.7 Å². The predicted octanol–water partition coefficient (Wildman–Crippen LogP) is 2.89. The molecular weight excluding hydrogens is 709 g/mol. The quantitative estimate of drug-likeness (QED) is 0.245. The predicted molar refractivity (Wildman–Crippen MR) is 198 cm³/mol. The number of thiazole rings is 2. The van der Waals surface area contributed by atoms with E-state index < -0.39 is 66.0 Å². The summed E-state index contributed by atoms with van der Waals surface area (Å²) in [6, 6.07) is -5.14. The fourth-order valence-electron chi connectivity index (χ4n) is 5.75. The molecule has 4 heterocycles. The van der Waals surface area contributed by atoms with Crippen LogP contribution in [-0.2, 0) is 19.1 Å². The number of rotatable bonds is 7. The van der Waals surface area contributed by atoms with Crippen LogP contribution in [0.3, 0.4) is 0 Å². The Morgan fingerprint density at radius 1 is 0.673 bits per heavy atom. The molecular formula is C35H52N8O7S2. The lowest BCUT2D eigenvalue weighted by atomic mass is 9.97. The number of aliphatic hydroxyl groups is 1. The number of aliphatic imine (C=N–C) groups is 1. The number of amides is 5. The summed E-state index contributed by atoms with van der Waals surface area (Å²) in [5, 5.41) is 29.1. The molecule has 6 bridgehead atoms. The Labute approximate surface area is 312 Å². The van der Waals surface area contributed by atoms with Crippen molar-refractivity contribution >= 4 is 58.1 Å². The molecule has 17 heteroatoms. The van der Waals surface area contributed by atoms with Crippen molar-refractivity contribution in [2.75, 3.05) is 6.61 Å². The Bertz CT molecular complexity index is 1640. The molecule has 2 aromatic heterocycles. The van der Waals surface area contributed by atoms with Crippen molar-refractivity contribution in [3.63, 3.8) is 0 Å². The Morgan fingerprint density at radius 2 is 1.12 bits per heavy atom. The standard InChI is InChI=1S/C35H52N8O7S2/c1-10-17(7)25-31(48)43-27(19(9)44)32(49)40-24(16(5)6)35-38-22(14-52-35)30(47)42-26(18(8)11-2)33-36-20(12-50-33)28(45)39-23(15(3)4)34-37-21(13-51-34)29(46)41-25/h13-20,23-27,44H,10-12H2,1-9H3,(H,39,45)(H,40,49)(H,41,46)(H,42,47)(H,43,48). The number of aliphatic hydroxyl groups excluding tert-OH is 1. The number of ether oxygens (including phenoxy) is 1. The number of nitrogens with one attached hydrogen (secondary N) is 5. The molecule has 52 heavy (non-hydrogen) atoms. The highest BCUT2D eigenvalue weighted by Gasteiger charge is 2.37. The summed E-state index contributed by atoms with van der Waals surface area (Å²) < 4.78 is 5.92. The van der Waals surface area contributed by atoms with E-state index in [2.05, 4.69) is 41.5 Å². The van der Waals surface area contributed by atoms with Gasteiger partial charge in [-0.2, -0.15) is 0 Å². The number of carbonyl (C=O) groups excluding carboxylic acids is 5. The van der Waals surface area contributed by atoms with Crippen LogP contribution in [0.1, 0.15) is 118 Å². The molecule has 15 nitrogen and oxygen atoms in total. The molecule has 9 atom stereocenters. The SMILES string of the molecule is CCC(C)C1NC(=O)c2csc(n2)C(C(C)C)NC(=O)C2COC(=N2)C(C(C)CC)NC(=O)c2csc(n2)C(C(C)C)NC(=O)C(C(C)O)NC1=O. The van der Waals surface area contributed by atoms with Gasteiger partial charge in [0.2, 0.25) is 23.6 Å². The van der Waals surface area contributed by atoms with Gasteiger partial charge in [-0.3, -0.25) is 24.0 Å². The third-order valence-corrected chi connectivity index (χ3v) is 11.4. The van der Waals surface area contributed by atoms with Crippen LogP contribution in [0.5, 0.6) is 0 Å². The summed E-state index contributed by atoms with van der Waals surface area (Å²) in [7, 11) is 0. The zero-order valence-corrected chi connectivity index (χ0v) is 32.8. The molecule has 0 radical (unpaired) electrons. The van der Waals surface area contributed by atoms with Gasteiger partial charge in [0.05, 0.1) is 18.2 Å². The first-order valence-electron chi connectivity index (χ1n) is 17.9. The van der Waals surface area contributed by atoms with Crippen molar-refractivity contribution in [2.45, 2.75) is 118 Å². The van der Waals surface area contributed by atoms with E-state index in [-0.39, 0.29) is 53.5 Å². The fraction of sp³-hybridized carbons (Fsp3) is 0.657. The van der Waals surface area contributed by atoms with E-state index in [1.54, 1.807) is 17.7 Å². The van der Waals surface area contributed by atoms with Gasteiger partial charge in [-0.15, -0.1) is 22.7 Å². The Hall–Kier alpha value is -3.96. The van der Waals surface area contributed by atoms with E-state index in [1.165, 1.54) is 29.6 Å². The van der Waals surface area contributed by atoms with Crippen LogP contribution in [-0.4, -0.2) is 87.4 Å². The molecule has 2 aromatic rings. The van der Waals surface area contributed by atoms with Gasteiger partial charge < -0.3 is 36.4 Å². The maximum absolute atomic E-state index is 13.7. The van der Waals surface area contributed by atoms with Crippen LogP contribution < -0.4 is 26.6 Å². The number of hydrogen-bond acceptors (Lipinski definition) is 12. The minimum absolute atomic E-state index is 0.0105. The van der Waals surface area contributed by atoms with Crippen LogP contribution in [0.2, 0.25) is 0 Å². The summed E-state index contributed by atoms with van der Waals surface area (Å²) in [6.07, 6.45) is -0.0816. The Kier molecular flexibility index (Phi) is 13.9. The van der Waals surface area contributed by atoms with E-state index in [0.29, 0.717) is 22.9 Å². The van der Waals surface area contributed by atoms with Crippen LogP contribution >= 0.6 is 22.7 Å². The molecule has 0 fully saturated rings. The second-order valence-electron chi connectivity index (χ2n) is 14.3. The van der Waals surface area contributed by atoms with E-state index in [1.807, 2.05) is 48.5 Å². The maximum atomic E-state index is 13.7. The van der Waals surface area contributed by atoms with Crippen LogP contribution in [0.15, 0.2) is 15.8 Å². The molecule has 0 aromatic carbocycles. The third-order valence-electron chi connectivity index (χ3n) is 9.56. The van der Waals surface area contributed by atoms with Crippen molar-refractivity contribution in [3.8, 4) is 0 Å². The maximum Gasteiger partial charge on any atom is 0.271 e. The highest BCUT2D eigenvalue weighted by atomic mass is 32.1. The van der Waals surface area contributed by atoms with Crippen LogP contribution in [0, 0.1) is 23.7 Å². The van der Waals surface area contributed by atoms with Gasteiger partial charge in [0.25, 0.3) is 11.8 Å². The highest BCUT2D eigenvalue weighted by molar-refractivity contribution is 7.10.